The lowest BCUT2D eigenvalue weighted by Gasteiger charge is -2.24. The molecule has 0 bridgehead atoms. The minimum atomic E-state index is -0.173. The molecule has 0 aromatic heterocycles. The third-order valence-electron chi connectivity index (χ3n) is 6.42. The number of hydrogen-bond acceptors (Lipinski definition) is 3. The molecule has 2 amide bonds. The standard InChI is InChI=1S/C27H31N3O2/c1-17-14-15-23(30-26(31)24-13-6-7-16-28-24)18(2)25(17)27(32)29-19(3)21-12-8-10-20-9-4-5-11-22(20)21/h4-5,8-12,14-15,19,24,28H,6-7,13,16H2,1-3H3,(H,29,32)(H,30,31)/t19-,24-/m1/s1. The van der Waals surface area contributed by atoms with Gasteiger partial charge in [-0.1, -0.05) is 55.0 Å². The summed E-state index contributed by atoms with van der Waals surface area (Å²) in [6.07, 6.45) is 3.00. The SMILES string of the molecule is Cc1ccc(NC(=O)[C@H]2CCCCN2)c(C)c1C(=O)N[C@H](C)c1cccc2ccccc12. The number of anilines is 1. The first-order valence-corrected chi connectivity index (χ1v) is 11.4. The van der Waals surface area contributed by atoms with Crippen molar-refractivity contribution in [3.63, 3.8) is 0 Å². The van der Waals surface area contributed by atoms with Crippen LogP contribution in [0.15, 0.2) is 54.6 Å². The quantitative estimate of drug-likeness (QED) is 0.533. The summed E-state index contributed by atoms with van der Waals surface area (Å²) < 4.78 is 0. The molecule has 3 aromatic rings. The Kier molecular flexibility index (Phi) is 6.56. The molecule has 0 unspecified atom stereocenters. The molecule has 1 saturated heterocycles. The van der Waals surface area contributed by atoms with Crippen LogP contribution in [0.25, 0.3) is 10.8 Å². The van der Waals surface area contributed by atoms with Crippen LogP contribution in [0.2, 0.25) is 0 Å². The van der Waals surface area contributed by atoms with Crippen LogP contribution in [0.3, 0.4) is 0 Å². The van der Waals surface area contributed by atoms with Gasteiger partial charge in [0.25, 0.3) is 5.91 Å². The van der Waals surface area contributed by atoms with Gasteiger partial charge in [-0.15, -0.1) is 0 Å². The molecular formula is C27H31N3O2. The van der Waals surface area contributed by atoms with E-state index in [0.717, 1.165) is 53.3 Å². The number of fused-ring (bicyclic) bond motifs is 1. The van der Waals surface area contributed by atoms with Crippen molar-refractivity contribution in [3.05, 3.63) is 76.9 Å². The van der Waals surface area contributed by atoms with Crippen LogP contribution < -0.4 is 16.0 Å². The van der Waals surface area contributed by atoms with Gasteiger partial charge in [-0.3, -0.25) is 9.59 Å². The van der Waals surface area contributed by atoms with Crippen LogP contribution in [0.5, 0.6) is 0 Å². The third kappa shape index (κ3) is 4.53. The van der Waals surface area contributed by atoms with Crippen molar-refractivity contribution in [2.75, 3.05) is 11.9 Å². The van der Waals surface area contributed by atoms with Crippen LogP contribution in [0.4, 0.5) is 5.69 Å². The maximum atomic E-state index is 13.3. The van der Waals surface area contributed by atoms with Gasteiger partial charge in [0.05, 0.1) is 12.1 Å². The second-order valence-corrected chi connectivity index (χ2v) is 8.69. The van der Waals surface area contributed by atoms with E-state index in [9.17, 15) is 9.59 Å². The van der Waals surface area contributed by atoms with Gasteiger partial charge >= 0.3 is 0 Å². The summed E-state index contributed by atoms with van der Waals surface area (Å²) in [6, 6.07) is 17.8. The zero-order valence-corrected chi connectivity index (χ0v) is 19.0. The molecule has 0 spiro atoms. The van der Waals surface area contributed by atoms with Gasteiger partial charge in [0.2, 0.25) is 5.91 Å². The van der Waals surface area contributed by atoms with Gasteiger partial charge in [-0.25, -0.2) is 0 Å². The molecule has 0 radical (unpaired) electrons. The van der Waals surface area contributed by atoms with Gasteiger partial charge < -0.3 is 16.0 Å². The molecule has 3 N–H and O–H groups in total. The number of nitrogens with one attached hydrogen (secondary N) is 3. The first kappa shape index (κ1) is 22.0. The largest absolute Gasteiger partial charge is 0.345 e. The van der Waals surface area contributed by atoms with E-state index in [1.54, 1.807) is 0 Å². The zero-order valence-electron chi connectivity index (χ0n) is 19.0. The van der Waals surface area contributed by atoms with Crippen molar-refractivity contribution in [1.29, 1.82) is 0 Å². The fourth-order valence-corrected chi connectivity index (χ4v) is 4.60. The molecule has 166 valence electrons. The lowest BCUT2D eigenvalue weighted by Crippen LogP contribution is -2.43. The second-order valence-electron chi connectivity index (χ2n) is 8.69. The summed E-state index contributed by atoms with van der Waals surface area (Å²) in [6.45, 7) is 6.70. The van der Waals surface area contributed by atoms with E-state index in [0.29, 0.717) is 11.3 Å². The van der Waals surface area contributed by atoms with Crippen molar-refractivity contribution >= 4 is 28.3 Å². The Labute approximate surface area is 189 Å². The molecule has 3 aromatic carbocycles. The summed E-state index contributed by atoms with van der Waals surface area (Å²) in [7, 11) is 0. The van der Waals surface area contributed by atoms with E-state index < -0.39 is 0 Å². The number of hydrogen-bond donors (Lipinski definition) is 3. The molecule has 1 aliphatic heterocycles. The Morgan fingerprint density at radius 1 is 1.00 bits per heavy atom. The van der Waals surface area contributed by atoms with Gasteiger partial charge in [0, 0.05) is 11.3 Å². The average molecular weight is 430 g/mol. The number of rotatable bonds is 5. The molecule has 0 aliphatic carbocycles. The summed E-state index contributed by atoms with van der Waals surface area (Å²) >= 11 is 0. The summed E-state index contributed by atoms with van der Waals surface area (Å²) in [5.74, 6) is -0.167. The van der Waals surface area contributed by atoms with Crippen molar-refractivity contribution in [2.24, 2.45) is 0 Å². The maximum Gasteiger partial charge on any atom is 0.252 e. The van der Waals surface area contributed by atoms with Crippen molar-refractivity contribution < 1.29 is 9.59 Å². The van der Waals surface area contributed by atoms with E-state index >= 15 is 0 Å². The van der Waals surface area contributed by atoms with Crippen LogP contribution in [0.1, 0.15) is 59.3 Å². The molecule has 5 nitrogen and oxygen atoms in total. The Hall–Kier alpha value is -3.18. The minimum Gasteiger partial charge on any atom is -0.345 e. The molecule has 5 heteroatoms. The molecule has 4 rings (SSSR count). The molecule has 1 aliphatic rings. The Morgan fingerprint density at radius 2 is 1.78 bits per heavy atom. The third-order valence-corrected chi connectivity index (χ3v) is 6.42. The number of carbonyl (C=O) groups is 2. The topological polar surface area (TPSA) is 70.2 Å². The number of piperidine rings is 1. The lowest BCUT2D eigenvalue weighted by molar-refractivity contribution is -0.118. The molecular weight excluding hydrogens is 398 g/mol. The number of carbonyl (C=O) groups excluding carboxylic acids is 2. The monoisotopic (exact) mass is 429 g/mol. The number of benzene rings is 3. The molecule has 0 saturated carbocycles. The first-order valence-electron chi connectivity index (χ1n) is 11.4. The zero-order chi connectivity index (χ0) is 22.7. The van der Waals surface area contributed by atoms with Gasteiger partial charge in [0.15, 0.2) is 0 Å². The predicted molar refractivity (Wildman–Crippen MR) is 130 cm³/mol. The maximum absolute atomic E-state index is 13.3. The Balaban J connectivity index is 1.55. The average Bonchev–Trinajstić information content (AvgIpc) is 2.81. The van der Waals surface area contributed by atoms with Gasteiger partial charge in [-0.05, 0) is 73.7 Å². The normalized spacial score (nSPS) is 17.0. The van der Waals surface area contributed by atoms with Crippen molar-refractivity contribution in [1.82, 2.24) is 10.6 Å². The smallest absolute Gasteiger partial charge is 0.252 e. The number of aryl methyl sites for hydroxylation is 1. The Bertz CT molecular complexity index is 1140. The first-order chi connectivity index (χ1) is 15.5. The van der Waals surface area contributed by atoms with Crippen molar-refractivity contribution in [2.45, 2.75) is 52.1 Å². The van der Waals surface area contributed by atoms with Gasteiger partial charge in [-0.2, -0.15) is 0 Å². The number of amides is 2. The van der Waals surface area contributed by atoms with E-state index in [-0.39, 0.29) is 23.9 Å². The lowest BCUT2D eigenvalue weighted by atomic mass is 9.97. The predicted octanol–water partition coefficient (Wildman–Crippen LogP) is 5.03. The van der Waals surface area contributed by atoms with Crippen LogP contribution in [0, 0.1) is 13.8 Å². The van der Waals surface area contributed by atoms with Crippen molar-refractivity contribution in [3.8, 4) is 0 Å². The van der Waals surface area contributed by atoms with Crippen LogP contribution in [-0.2, 0) is 4.79 Å². The van der Waals surface area contributed by atoms with Gasteiger partial charge in [0.1, 0.15) is 0 Å². The highest BCUT2D eigenvalue weighted by atomic mass is 16.2. The summed E-state index contributed by atoms with van der Waals surface area (Å²) in [5, 5.41) is 11.8. The van der Waals surface area contributed by atoms with E-state index in [4.69, 9.17) is 0 Å². The highest BCUT2D eigenvalue weighted by molar-refractivity contribution is 6.02. The fourth-order valence-electron chi connectivity index (χ4n) is 4.60. The van der Waals surface area contributed by atoms with E-state index in [1.165, 1.54) is 0 Å². The molecule has 1 fully saturated rings. The fraction of sp³-hybridized carbons (Fsp3) is 0.333. The minimum absolute atomic E-state index is 0.0351. The molecule has 1 heterocycles. The Morgan fingerprint density at radius 3 is 2.56 bits per heavy atom. The highest BCUT2D eigenvalue weighted by Crippen LogP contribution is 2.27. The summed E-state index contributed by atoms with van der Waals surface area (Å²) in [4.78, 5) is 26.0. The molecule has 2 atom stereocenters. The second kappa shape index (κ2) is 9.53. The van der Waals surface area contributed by atoms with E-state index in [1.807, 2.05) is 51.1 Å². The highest BCUT2D eigenvalue weighted by Gasteiger charge is 2.23. The van der Waals surface area contributed by atoms with E-state index in [2.05, 4.69) is 40.2 Å². The summed E-state index contributed by atoms with van der Waals surface area (Å²) in [5.41, 5.74) is 4.07. The molecule has 32 heavy (non-hydrogen) atoms. The van der Waals surface area contributed by atoms with Crippen LogP contribution in [-0.4, -0.2) is 24.4 Å². The van der Waals surface area contributed by atoms with Crippen LogP contribution >= 0.6 is 0 Å².